The number of nitrogens with zero attached hydrogens (tertiary/aromatic N) is 2. The second-order valence-electron chi connectivity index (χ2n) is 8.14. The normalized spacial score (nSPS) is 11.9. The van der Waals surface area contributed by atoms with Gasteiger partial charge in [0, 0.05) is 24.2 Å². The van der Waals surface area contributed by atoms with Gasteiger partial charge in [-0.15, -0.1) is 0 Å². The van der Waals surface area contributed by atoms with E-state index in [9.17, 15) is 18.0 Å². The van der Waals surface area contributed by atoms with Crippen LogP contribution in [0.3, 0.4) is 0 Å². The van der Waals surface area contributed by atoms with Gasteiger partial charge < -0.3 is 19.7 Å². The molecule has 0 aromatic heterocycles. The number of carbonyl (C=O) groups excluding carboxylic acids is 2. The molecular formula is C25H34ClN3O6S. The number of amides is 2. The van der Waals surface area contributed by atoms with Crippen molar-refractivity contribution in [1.29, 1.82) is 0 Å². The highest BCUT2D eigenvalue weighted by Crippen LogP contribution is 2.32. The average Bonchev–Trinajstić information content (AvgIpc) is 2.85. The third-order valence-corrected chi connectivity index (χ3v) is 7.08. The molecule has 0 aliphatic carbocycles. The third kappa shape index (κ3) is 7.51. The molecule has 0 spiro atoms. The lowest BCUT2D eigenvalue weighted by Crippen LogP contribution is -2.52. The number of hydrogen-bond donors (Lipinski definition) is 1. The fourth-order valence-corrected chi connectivity index (χ4v) is 4.73. The van der Waals surface area contributed by atoms with E-state index in [1.54, 1.807) is 37.3 Å². The van der Waals surface area contributed by atoms with Crippen LogP contribution in [0.5, 0.6) is 11.5 Å². The van der Waals surface area contributed by atoms with Crippen LogP contribution in [-0.2, 0) is 26.2 Å². The van der Waals surface area contributed by atoms with Gasteiger partial charge in [0.2, 0.25) is 21.8 Å². The second-order valence-corrected chi connectivity index (χ2v) is 10.5. The fraction of sp³-hybridized carbons (Fsp3) is 0.440. The lowest BCUT2D eigenvalue weighted by Gasteiger charge is -2.33. The molecular weight excluding hydrogens is 506 g/mol. The van der Waals surface area contributed by atoms with Crippen molar-refractivity contribution in [3.05, 3.63) is 53.1 Å². The van der Waals surface area contributed by atoms with E-state index >= 15 is 0 Å². The number of benzene rings is 2. The Morgan fingerprint density at radius 3 is 2.28 bits per heavy atom. The number of ether oxygens (including phenoxy) is 2. The van der Waals surface area contributed by atoms with E-state index in [2.05, 4.69) is 5.32 Å². The highest BCUT2D eigenvalue weighted by Gasteiger charge is 2.32. The van der Waals surface area contributed by atoms with Crippen LogP contribution in [0.1, 0.15) is 32.3 Å². The molecule has 2 rings (SSSR count). The highest BCUT2D eigenvalue weighted by molar-refractivity contribution is 7.92. The maximum atomic E-state index is 13.7. The Labute approximate surface area is 218 Å². The molecule has 2 aromatic carbocycles. The molecule has 0 radical (unpaired) electrons. The molecule has 9 nitrogen and oxygen atoms in total. The molecule has 198 valence electrons. The van der Waals surface area contributed by atoms with Gasteiger partial charge in [-0.3, -0.25) is 13.9 Å². The summed E-state index contributed by atoms with van der Waals surface area (Å²) in [5.41, 5.74) is 0.871. The molecule has 0 saturated carbocycles. The zero-order valence-electron chi connectivity index (χ0n) is 21.3. The van der Waals surface area contributed by atoms with Gasteiger partial charge in [-0.1, -0.05) is 43.6 Å². The van der Waals surface area contributed by atoms with E-state index in [-0.39, 0.29) is 18.1 Å². The van der Waals surface area contributed by atoms with E-state index in [0.29, 0.717) is 35.1 Å². The minimum atomic E-state index is -3.88. The van der Waals surface area contributed by atoms with E-state index in [4.69, 9.17) is 21.1 Å². The molecule has 11 heteroatoms. The van der Waals surface area contributed by atoms with E-state index < -0.39 is 28.5 Å². The van der Waals surface area contributed by atoms with Crippen molar-refractivity contribution in [2.75, 3.05) is 37.9 Å². The Morgan fingerprint density at radius 2 is 1.72 bits per heavy atom. The van der Waals surface area contributed by atoms with Crippen molar-refractivity contribution >= 4 is 39.1 Å². The predicted octanol–water partition coefficient (Wildman–Crippen LogP) is 3.46. The third-order valence-electron chi connectivity index (χ3n) is 5.57. The van der Waals surface area contributed by atoms with Crippen LogP contribution in [0.15, 0.2) is 42.5 Å². The largest absolute Gasteiger partial charge is 0.493 e. The predicted molar refractivity (Wildman–Crippen MR) is 141 cm³/mol. The molecule has 0 heterocycles. The Bertz CT molecular complexity index is 1160. The van der Waals surface area contributed by atoms with Gasteiger partial charge in [-0.05, 0) is 36.6 Å². The lowest BCUT2D eigenvalue weighted by molar-refractivity contribution is -0.140. The van der Waals surface area contributed by atoms with E-state index in [0.717, 1.165) is 17.0 Å². The molecule has 36 heavy (non-hydrogen) atoms. The van der Waals surface area contributed by atoms with Crippen molar-refractivity contribution in [1.82, 2.24) is 10.2 Å². The zero-order chi connectivity index (χ0) is 26.9. The molecule has 1 atom stereocenters. The fourth-order valence-electron chi connectivity index (χ4n) is 3.69. The summed E-state index contributed by atoms with van der Waals surface area (Å²) in [6.45, 7) is 3.72. The van der Waals surface area contributed by atoms with Gasteiger partial charge in [0.05, 0.1) is 26.2 Å². The maximum Gasteiger partial charge on any atom is 0.244 e. The minimum absolute atomic E-state index is 0.0418. The number of methoxy groups -OCH3 is 2. The summed E-state index contributed by atoms with van der Waals surface area (Å²) in [5, 5.41) is 3.28. The summed E-state index contributed by atoms with van der Waals surface area (Å²) in [4.78, 5) is 28.0. The maximum absolute atomic E-state index is 13.7. The highest BCUT2D eigenvalue weighted by atomic mass is 35.5. The number of hydrogen-bond acceptors (Lipinski definition) is 6. The molecule has 0 aliphatic rings. The first-order chi connectivity index (χ1) is 17.1. The zero-order valence-corrected chi connectivity index (χ0v) is 22.9. The summed E-state index contributed by atoms with van der Waals surface area (Å²) in [7, 11) is -0.973. The van der Waals surface area contributed by atoms with Gasteiger partial charge in [-0.25, -0.2) is 8.42 Å². The number of carbonyl (C=O) groups is 2. The first-order valence-corrected chi connectivity index (χ1v) is 13.8. The Morgan fingerprint density at radius 1 is 1.06 bits per heavy atom. The molecule has 2 amide bonds. The number of sulfonamides is 1. The molecule has 2 aromatic rings. The number of rotatable bonds is 13. The van der Waals surface area contributed by atoms with Crippen molar-refractivity contribution in [2.45, 2.75) is 39.3 Å². The first-order valence-electron chi connectivity index (χ1n) is 11.6. The number of anilines is 1. The summed E-state index contributed by atoms with van der Waals surface area (Å²) < 4.78 is 37.0. The molecule has 0 bridgehead atoms. The van der Waals surface area contributed by atoms with Gasteiger partial charge in [0.25, 0.3) is 0 Å². The first kappa shape index (κ1) is 29.3. The van der Waals surface area contributed by atoms with E-state index in [1.165, 1.54) is 31.3 Å². The second kappa shape index (κ2) is 13.4. The molecule has 1 N–H and O–H groups in total. The van der Waals surface area contributed by atoms with Crippen LogP contribution < -0.4 is 19.1 Å². The standard InChI is InChI=1S/C25H34ClN3O6S/c1-6-14-27-25(31)21(7-2)28(16-18-10-8-9-11-20(18)26)24(30)17-29(36(5,32)33)19-12-13-22(34-3)23(15-19)35-4/h8-13,15,21H,6-7,14,16-17H2,1-5H3,(H,27,31). The van der Waals surface area contributed by atoms with Gasteiger partial charge in [-0.2, -0.15) is 0 Å². The Kier molecular flexibility index (Phi) is 10.9. The smallest absolute Gasteiger partial charge is 0.244 e. The van der Waals surface area contributed by atoms with Gasteiger partial charge in [0.1, 0.15) is 12.6 Å². The van der Waals surface area contributed by atoms with Crippen LogP contribution in [0.2, 0.25) is 5.02 Å². The van der Waals surface area contributed by atoms with Crippen molar-refractivity contribution in [3.63, 3.8) is 0 Å². The summed E-state index contributed by atoms with van der Waals surface area (Å²) in [5.74, 6) is -0.125. The Balaban J connectivity index is 2.48. The number of halogens is 1. The van der Waals surface area contributed by atoms with Gasteiger partial charge >= 0.3 is 0 Å². The van der Waals surface area contributed by atoms with Crippen molar-refractivity contribution in [2.24, 2.45) is 0 Å². The van der Waals surface area contributed by atoms with E-state index in [1.807, 2.05) is 6.92 Å². The Hall–Kier alpha value is -2.98. The summed E-state index contributed by atoms with van der Waals surface area (Å²) >= 11 is 6.35. The van der Waals surface area contributed by atoms with Crippen LogP contribution in [0, 0.1) is 0 Å². The van der Waals surface area contributed by atoms with Crippen molar-refractivity contribution < 1.29 is 27.5 Å². The van der Waals surface area contributed by atoms with Crippen LogP contribution in [0.4, 0.5) is 5.69 Å². The quantitative estimate of drug-likeness (QED) is 0.418. The molecule has 1 unspecified atom stereocenters. The molecule has 0 saturated heterocycles. The minimum Gasteiger partial charge on any atom is -0.493 e. The summed E-state index contributed by atoms with van der Waals surface area (Å²) in [6, 6.07) is 10.8. The average molecular weight is 540 g/mol. The monoisotopic (exact) mass is 539 g/mol. The van der Waals surface area contributed by atoms with Crippen LogP contribution >= 0.6 is 11.6 Å². The molecule has 0 fully saturated rings. The van der Waals surface area contributed by atoms with Crippen molar-refractivity contribution in [3.8, 4) is 11.5 Å². The SMILES string of the molecule is CCCNC(=O)C(CC)N(Cc1ccccc1Cl)C(=O)CN(c1ccc(OC)c(OC)c1)S(C)(=O)=O. The number of nitrogens with one attached hydrogen (secondary N) is 1. The van der Waals surface area contributed by atoms with Gasteiger partial charge in [0.15, 0.2) is 11.5 Å². The topological polar surface area (TPSA) is 105 Å². The summed E-state index contributed by atoms with van der Waals surface area (Å²) in [6.07, 6.45) is 2.09. The van der Waals surface area contributed by atoms with Crippen LogP contribution in [-0.4, -0.2) is 64.7 Å². The molecule has 0 aliphatic heterocycles. The van der Waals surface area contributed by atoms with Crippen LogP contribution in [0.25, 0.3) is 0 Å². The lowest BCUT2D eigenvalue weighted by atomic mass is 10.1.